The molecule has 0 aromatic rings. The van der Waals surface area contributed by atoms with Gasteiger partial charge in [-0.3, -0.25) is 24.7 Å². The summed E-state index contributed by atoms with van der Waals surface area (Å²) in [5, 5.41) is 29.0. The zero-order valence-corrected chi connectivity index (χ0v) is 11.4. The Morgan fingerprint density at radius 2 is 1.52 bits per heavy atom. The summed E-state index contributed by atoms with van der Waals surface area (Å²) >= 11 is 0. The molecule has 0 heterocycles. The highest BCUT2D eigenvalue weighted by Crippen LogP contribution is 2.05. The van der Waals surface area contributed by atoms with Gasteiger partial charge in [-0.25, -0.2) is 0 Å². The van der Waals surface area contributed by atoms with Gasteiger partial charge >= 0.3 is 17.9 Å². The van der Waals surface area contributed by atoms with Gasteiger partial charge in [0.2, 0.25) is 0 Å². The first-order valence-electron chi connectivity index (χ1n) is 6.23. The lowest BCUT2D eigenvalue weighted by molar-refractivity contribution is -0.143. The lowest BCUT2D eigenvalue weighted by Gasteiger charge is -2.19. The summed E-state index contributed by atoms with van der Waals surface area (Å²) in [6, 6.07) is -2.36. The molecule has 0 saturated heterocycles. The van der Waals surface area contributed by atoms with E-state index < -0.39 is 30.0 Å². The van der Waals surface area contributed by atoms with Gasteiger partial charge < -0.3 is 26.8 Å². The van der Waals surface area contributed by atoms with Crippen molar-refractivity contribution in [2.75, 3.05) is 6.54 Å². The van der Waals surface area contributed by atoms with Crippen LogP contribution in [0, 0.1) is 0 Å². The van der Waals surface area contributed by atoms with Crippen LogP contribution in [0.5, 0.6) is 0 Å². The van der Waals surface area contributed by atoms with Gasteiger partial charge in [-0.2, -0.15) is 0 Å². The lowest BCUT2D eigenvalue weighted by Crippen LogP contribution is -2.47. The number of rotatable bonds is 11. The fourth-order valence-electron chi connectivity index (χ4n) is 1.57. The number of carboxylic acids is 3. The maximum atomic E-state index is 11.1. The monoisotopic (exact) mass is 304 g/mol. The molecular formula is C11H20N4O6. The summed E-state index contributed by atoms with van der Waals surface area (Å²) in [4.78, 5) is 36.2. The van der Waals surface area contributed by atoms with Gasteiger partial charge in [0.1, 0.15) is 12.1 Å². The van der Waals surface area contributed by atoms with Crippen LogP contribution < -0.4 is 16.8 Å². The van der Waals surface area contributed by atoms with Crippen molar-refractivity contribution in [3.05, 3.63) is 0 Å². The van der Waals surface area contributed by atoms with E-state index in [1.807, 2.05) is 0 Å². The second-order valence-corrected chi connectivity index (χ2v) is 4.33. The number of aliphatic imine (C=N–C) groups is 1. The highest BCUT2D eigenvalue weighted by molar-refractivity contribution is 5.78. The molecule has 0 bridgehead atoms. The molecule has 2 atom stereocenters. The highest BCUT2D eigenvalue weighted by Gasteiger charge is 2.25. The number of nitrogens with one attached hydrogen (secondary N) is 1. The van der Waals surface area contributed by atoms with E-state index in [2.05, 4.69) is 10.3 Å². The number of nitrogens with two attached hydrogens (primary N) is 2. The van der Waals surface area contributed by atoms with Crippen LogP contribution in [-0.2, 0) is 14.4 Å². The molecule has 1 unspecified atom stereocenters. The van der Waals surface area contributed by atoms with Gasteiger partial charge in [-0.1, -0.05) is 0 Å². The summed E-state index contributed by atoms with van der Waals surface area (Å²) in [7, 11) is 0. The van der Waals surface area contributed by atoms with E-state index in [1.54, 1.807) is 0 Å². The third-order valence-electron chi connectivity index (χ3n) is 2.59. The maximum Gasteiger partial charge on any atom is 0.320 e. The van der Waals surface area contributed by atoms with Crippen LogP contribution in [0.4, 0.5) is 0 Å². The molecule has 10 nitrogen and oxygen atoms in total. The number of carboxylic acid groups (broad SMARTS) is 3. The number of nitrogens with zero attached hydrogens (tertiary/aromatic N) is 1. The SMILES string of the molecule is NC(N)=NCCC[C@H](NC(CCC(=O)O)C(=O)O)C(=O)O. The third kappa shape index (κ3) is 9.21. The van der Waals surface area contributed by atoms with E-state index in [1.165, 1.54) is 0 Å². The number of guanidine groups is 1. The molecular weight excluding hydrogens is 284 g/mol. The van der Waals surface area contributed by atoms with Gasteiger partial charge in [-0.05, 0) is 19.3 Å². The van der Waals surface area contributed by atoms with Crippen molar-refractivity contribution >= 4 is 23.9 Å². The minimum Gasteiger partial charge on any atom is -0.481 e. The van der Waals surface area contributed by atoms with Crippen molar-refractivity contribution in [3.63, 3.8) is 0 Å². The predicted octanol–water partition coefficient (Wildman–Crippen LogP) is -1.60. The molecule has 0 aromatic carbocycles. The molecule has 0 fully saturated rings. The van der Waals surface area contributed by atoms with Gasteiger partial charge in [0.15, 0.2) is 5.96 Å². The molecule has 21 heavy (non-hydrogen) atoms. The van der Waals surface area contributed by atoms with Gasteiger partial charge in [0.25, 0.3) is 0 Å². The Labute approximate surface area is 120 Å². The number of aliphatic carboxylic acids is 3. The van der Waals surface area contributed by atoms with Crippen LogP contribution >= 0.6 is 0 Å². The summed E-state index contributed by atoms with van der Waals surface area (Å²) in [5.74, 6) is -3.78. The molecule has 8 N–H and O–H groups in total. The van der Waals surface area contributed by atoms with Crippen molar-refractivity contribution in [2.24, 2.45) is 16.5 Å². The Kier molecular flexibility index (Phi) is 8.46. The normalized spacial score (nSPS) is 13.1. The average Bonchev–Trinajstić information content (AvgIpc) is 2.35. The van der Waals surface area contributed by atoms with Crippen LogP contribution in [0.3, 0.4) is 0 Å². The van der Waals surface area contributed by atoms with Crippen LogP contribution in [0.1, 0.15) is 25.7 Å². The number of hydrogen-bond acceptors (Lipinski definition) is 5. The van der Waals surface area contributed by atoms with Gasteiger partial charge in [0, 0.05) is 13.0 Å². The minimum absolute atomic E-state index is 0.111. The molecule has 0 spiro atoms. The molecule has 0 saturated carbocycles. The Hall–Kier alpha value is -2.36. The van der Waals surface area contributed by atoms with Crippen LogP contribution in [0.15, 0.2) is 4.99 Å². The van der Waals surface area contributed by atoms with Gasteiger partial charge in [-0.15, -0.1) is 0 Å². The molecule has 0 rings (SSSR count). The van der Waals surface area contributed by atoms with Crippen molar-refractivity contribution < 1.29 is 29.7 Å². The van der Waals surface area contributed by atoms with Crippen molar-refractivity contribution in [3.8, 4) is 0 Å². The standard InChI is InChI=1S/C11H20N4O6/c12-11(13)14-5-1-2-6(9(18)19)15-7(10(20)21)3-4-8(16)17/h6-7,15H,1-5H2,(H,16,17)(H,18,19)(H,20,21)(H4,12,13,14)/t6-,7?/m0/s1. The second kappa shape index (κ2) is 9.53. The molecule has 0 aromatic heterocycles. The first-order valence-corrected chi connectivity index (χ1v) is 6.23. The third-order valence-corrected chi connectivity index (χ3v) is 2.59. The zero-order chi connectivity index (χ0) is 16.4. The number of hydrogen-bond donors (Lipinski definition) is 6. The predicted molar refractivity (Wildman–Crippen MR) is 72.8 cm³/mol. The quantitative estimate of drug-likeness (QED) is 0.148. The zero-order valence-electron chi connectivity index (χ0n) is 11.4. The summed E-state index contributed by atoms with van der Waals surface area (Å²) in [6.45, 7) is 0.223. The van der Waals surface area contributed by atoms with E-state index in [0.717, 1.165) is 0 Å². The van der Waals surface area contributed by atoms with E-state index in [4.69, 9.17) is 26.8 Å². The maximum absolute atomic E-state index is 11.1. The Balaban J connectivity index is 4.49. The largest absolute Gasteiger partial charge is 0.481 e. The van der Waals surface area contributed by atoms with Crippen LogP contribution in [0.25, 0.3) is 0 Å². The Morgan fingerprint density at radius 3 is 1.95 bits per heavy atom. The Bertz CT molecular complexity index is 408. The van der Waals surface area contributed by atoms with E-state index >= 15 is 0 Å². The molecule has 0 aliphatic rings. The van der Waals surface area contributed by atoms with Crippen LogP contribution in [0.2, 0.25) is 0 Å². The molecule has 0 radical (unpaired) electrons. The number of carbonyl (C=O) groups is 3. The second-order valence-electron chi connectivity index (χ2n) is 4.33. The van der Waals surface area contributed by atoms with Crippen molar-refractivity contribution in [2.45, 2.75) is 37.8 Å². The van der Waals surface area contributed by atoms with E-state index in [0.29, 0.717) is 6.42 Å². The summed E-state index contributed by atoms with van der Waals surface area (Å²) in [6.07, 6.45) is -0.122. The summed E-state index contributed by atoms with van der Waals surface area (Å²) in [5.41, 5.74) is 10.2. The molecule has 0 amide bonds. The first-order chi connectivity index (χ1) is 9.73. The van der Waals surface area contributed by atoms with Crippen molar-refractivity contribution in [1.82, 2.24) is 5.32 Å². The van der Waals surface area contributed by atoms with E-state index in [9.17, 15) is 14.4 Å². The summed E-state index contributed by atoms with van der Waals surface area (Å²) < 4.78 is 0. The smallest absolute Gasteiger partial charge is 0.320 e. The lowest BCUT2D eigenvalue weighted by atomic mass is 10.1. The molecule has 120 valence electrons. The molecule has 0 aliphatic carbocycles. The van der Waals surface area contributed by atoms with Crippen molar-refractivity contribution in [1.29, 1.82) is 0 Å². The fraction of sp³-hybridized carbons (Fsp3) is 0.636. The van der Waals surface area contributed by atoms with Gasteiger partial charge in [0.05, 0.1) is 0 Å². The fourth-order valence-corrected chi connectivity index (χ4v) is 1.57. The minimum atomic E-state index is -1.30. The topological polar surface area (TPSA) is 188 Å². The van der Waals surface area contributed by atoms with Crippen LogP contribution in [-0.4, -0.2) is 57.8 Å². The average molecular weight is 304 g/mol. The Morgan fingerprint density at radius 1 is 1.00 bits per heavy atom. The molecule has 10 heteroatoms. The highest BCUT2D eigenvalue weighted by atomic mass is 16.4. The first kappa shape index (κ1) is 18.6. The van der Waals surface area contributed by atoms with E-state index in [-0.39, 0.29) is 31.8 Å². The molecule has 0 aliphatic heterocycles.